The van der Waals surface area contributed by atoms with Crippen LogP contribution in [0.5, 0.6) is 0 Å². The van der Waals surface area contributed by atoms with Gasteiger partial charge < -0.3 is 19.9 Å². The van der Waals surface area contributed by atoms with E-state index in [0.29, 0.717) is 36.0 Å². The van der Waals surface area contributed by atoms with Crippen LogP contribution in [0.2, 0.25) is 0 Å². The Morgan fingerprint density at radius 3 is 3.20 bits per heavy atom. The van der Waals surface area contributed by atoms with Gasteiger partial charge >= 0.3 is 12.1 Å². The number of nitrogens with one attached hydrogen (secondary N) is 3. The van der Waals surface area contributed by atoms with Gasteiger partial charge in [0.05, 0.1) is 13.3 Å². The van der Waals surface area contributed by atoms with Gasteiger partial charge in [-0.2, -0.15) is 0 Å². The molecule has 1 unspecified atom stereocenters. The average Bonchev–Trinajstić information content (AvgIpc) is 3.09. The predicted molar refractivity (Wildman–Crippen MR) is 92.2 cm³/mol. The average molecular weight is 346 g/mol. The molecule has 3 N–H and O–H groups in total. The minimum atomic E-state index is -0.315. The van der Waals surface area contributed by atoms with E-state index >= 15 is 0 Å². The fourth-order valence-electron chi connectivity index (χ4n) is 3.04. The van der Waals surface area contributed by atoms with Crippen molar-refractivity contribution in [3.63, 3.8) is 0 Å². The molecule has 1 atom stereocenters. The monoisotopic (exact) mass is 346 g/mol. The molecule has 1 aliphatic rings. The molecule has 25 heavy (non-hydrogen) atoms. The summed E-state index contributed by atoms with van der Waals surface area (Å²) in [5, 5.41) is 5.49. The van der Waals surface area contributed by atoms with Crippen molar-refractivity contribution in [3.8, 4) is 0 Å². The van der Waals surface area contributed by atoms with Gasteiger partial charge in [0.1, 0.15) is 5.52 Å². The van der Waals surface area contributed by atoms with E-state index in [9.17, 15) is 9.59 Å². The molecule has 1 aliphatic heterocycles. The molecule has 3 amide bonds. The molecule has 9 heteroatoms. The van der Waals surface area contributed by atoms with Crippen LogP contribution < -0.4 is 10.6 Å². The molecule has 0 bridgehead atoms. The minimum absolute atomic E-state index is 0.283. The van der Waals surface area contributed by atoms with Crippen molar-refractivity contribution >= 4 is 29.1 Å². The quantitative estimate of drug-likeness (QED) is 0.783. The number of fused-ring (bicyclic) bond motifs is 1. The van der Waals surface area contributed by atoms with Crippen molar-refractivity contribution in [2.24, 2.45) is 5.92 Å². The van der Waals surface area contributed by atoms with Gasteiger partial charge in [0, 0.05) is 25.8 Å². The number of hydrogen-bond donors (Lipinski definition) is 3. The van der Waals surface area contributed by atoms with Crippen molar-refractivity contribution in [1.29, 1.82) is 0 Å². The number of aromatic amines is 1. The summed E-state index contributed by atoms with van der Waals surface area (Å²) < 4.78 is 4.76. The Morgan fingerprint density at radius 2 is 2.36 bits per heavy atom. The number of ether oxygens (including phenoxy) is 1. The molecule has 0 saturated carbocycles. The van der Waals surface area contributed by atoms with Crippen LogP contribution in [0.3, 0.4) is 0 Å². The van der Waals surface area contributed by atoms with Crippen LogP contribution in [0.25, 0.3) is 11.2 Å². The maximum atomic E-state index is 12.0. The summed E-state index contributed by atoms with van der Waals surface area (Å²) in [5.74, 6) is 0.767. The number of rotatable bonds is 4. The molecule has 0 spiro atoms. The SMILES string of the molecule is COC(=O)N1CCCC(CCNC(=O)Nc2cnc3[nH]ccc3n2)C1. The number of aromatic nitrogens is 3. The molecule has 3 heterocycles. The Bertz CT molecular complexity index is 746. The number of methoxy groups -OCH3 is 1. The Balaban J connectivity index is 1.42. The smallest absolute Gasteiger partial charge is 0.409 e. The maximum Gasteiger partial charge on any atom is 0.409 e. The zero-order valence-electron chi connectivity index (χ0n) is 14.1. The number of urea groups is 1. The number of carbonyl (C=O) groups excluding carboxylic acids is 2. The van der Waals surface area contributed by atoms with Crippen LogP contribution in [0.15, 0.2) is 18.5 Å². The molecule has 0 aliphatic carbocycles. The topological polar surface area (TPSA) is 112 Å². The Hall–Kier alpha value is -2.84. The lowest BCUT2D eigenvalue weighted by Crippen LogP contribution is -2.41. The molecule has 2 aromatic rings. The predicted octanol–water partition coefficient (Wildman–Crippen LogP) is 1.95. The normalized spacial score (nSPS) is 17.3. The number of anilines is 1. The van der Waals surface area contributed by atoms with Gasteiger partial charge in [-0.25, -0.2) is 19.6 Å². The molecule has 1 saturated heterocycles. The highest BCUT2D eigenvalue weighted by molar-refractivity contribution is 5.89. The number of amides is 3. The zero-order chi connectivity index (χ0) is 17.6. The highest BCUT2D eigenvalue weighted by Crippen LogP contribution is 2.19. The van der Waals surface area contributed by atoms with Gasteiger partial charge in [0.2, 0.25) is 0 Å². The molecule has 2 aromatic heterocycles. The van der Waals surface area contributed by atoms with Crippen molar-refractivity contribution < 1.29 is 14.3 Å². The number of likely N-dealkylation sites (tertiary alicyclic amines) is 1. The molecular formula is C16H22N6O3. The van der Waals surface area contributed by atoms with Gasteiger partial charge in [-0.15, -0.1) is 0 Å². The van der Waals surface area contributed by atoms with Gasteiger partial charge in [0.15, 0.2) is 11.5 Å². The van der Waals surface area contributed by atoms with Crippen LogP contribution >= 0.6 is 0 Å². The van der Waals surface area contributed by atoms with Crippen molar-refractivity contribution in [2.45, 2.75) is 19.3 Å². The van der Waals surface area contributed by atoms with E-state index in [-0.39, 0.29) is 12.1 Å². The summed E-state index contributed by atoms with van der Waals surface area (Å²) in [6, 6.07) is 1.48. The number of H-pyrrole nitrogens is 1. The summed E-state index contributed by atoms with van der Waals surface area (Å²) in [6.45, 7) is 1.94. The fourth-order valence-corrected chi connectivity index (χ4v) is 3.04. The van der Waals surface area contributed by atoms with E-state index in [1.807, 2.05) is 0 Å². The van der Waals surface area contributed by atoms with Gasteiger partial charge in [-0.05, 0) is 31.2 Å². The first kappa shape index (κ1) is 17.0. The maximum absolute atomic E-state index is 12.0. The summed E-state index contributed by atoms with van der Waals surface area (Å²) in [4.78, 5) is 36.7. The molecular weight excluding hydrogens is 324 g/mol. The molecule has 1 fully saturated rings. The lowest BCUT2D eigenvalue weighted by atomic mass is 9.95. The van der Waals surface area contributed by atoms with E-state index in [0.717, 1.165) is 25.8 Å². The Labute approximate surface area is 145 Å². The number of nitrogens with zero attached hydrogens (tertiary/aromatic N) is 3. The zero-order valence-corrected chi connectivity index (χ0v) is 14.1. The standard InChI is InChI=1S/C16H22N6O3/c1-25-16(24)22-8-2-3-11(10-22)4-6-18-15(23)21-13-9-19-14-12(20-13)5-7-17-14/h5,7,9,11H,2-4,6,8,10H2,1H3,(H,17,19)(H2,18,20,21,23). The molecule has 0 aromatic carbocycles. The third-order valence-electron chi connectivity index (χ3n) is 4.29. The lowest BCUT2D eigenvalue weighted by molar-refractivity contribution is 0.101. The second-order valence-electron chi connectivity index (χ2n) is 6.06. The van der Waals surface area contributed by atoms with E-state index in [1.165, 1.54) is 13.3 Å². The second kappa shape index (κ2) is 7.82. The van der Waals surface area contributed by atoms with E-state index in [2.05, 4.69) is 25.6 Å². The van der Waals surface area contributed by atoms with Crippen molar-refractivity contribution in [1.82, 2.24) is 25.2 Å². The number of piperidine rings is 1. The highest BCUT2D eigenvalue weighted by Gasteiger charge is 2.23. The Morgan fingerprint density at radius 1 is 1.48 bits per heavy atom. The number of carbonyl (C=O) groups is 2. The first-order valence-corrected chi connectivity index (χ1v) is 8.33. The minimum Gasteiger partial charge on any atom is -0.453 e. The Kier molecular flexibility index (Phi) is 5.32. The third-order valence-corrected chi connectivity index (χ3v) is 4.29. The molecule has 0 radical (unpaired) electrons. The summed E-state index contributed by atoms with van der Waals surface area (Å²) >= 11 is 0. The third kappa shape index (κ3) is 4.37. The van der Waals surface area contributed by atoms with E-state index < -0.39 is 0 Å². The van der Waals surface area contributed by atoms with Crippen LogP contribution in [0.4, 0.5) is 15.4 Å². The van der Waals surface area contributed by atoms with Gasteiger partial charge in [0.25, 0.3) is 0 Å². The van der Waals surface area contributed by atoms with Crippen molar-refractivity contribution in [3.05, 3.63) is 18.5 Å². The summed E-state index contributed by atoms with van der Waals surface area (Å²) in [6.07, 6.45) is 5.78. The van der Waals surface area contributed by atoms with Gasteiger partial charge in [-0.1, -0.05) is 0 Å². The highest BCUT2D eigenvalue weighted by atomic mass is 16.5. The first-order chi connectivity index (χ1) is 12.2. The molecule has 9 nitrogen and oxygen atoms in total. The van der Waals surface area contributed by atoms with Crippen LogP contribution in [-0.4, -0.2) is 58.7 Å². The number of hydrogen-bond acceptors (Lipinski definition) is 5. The largest absolute Gasteiger partial charge is 0.453 e. The van der Waals surface area contributed by atoms with Gasteiger partial charge in [-0.3, -0.25) is 5.32 Å². The molecule has 3 rings (SSSR count). The van der Waals surface area contributed by atoms with Crippen LogP contribution in [-0.2, 0) is 4.74 Å². The fraction of sp³-hybridized carbons (Fsp3) is 0.500. The van der Waals surface area contributed by atoms with Crippen LogP contribution in [0.1, 0.15) is 19.3 Å². The molecule has 134 valence electrons. The second-order valence-corrected chi connectivity index (χ2v) is 6.06. The van der Waals surface area contributed by atoms with E-state index in [4.69, 9.17) is 4.74 Å². The first-order valence-electron chi connectivity index (χ1n) is 8.33. The van der Waals surface area contributed by atoms with Crippen molar-refractivity contribution in [2.75, 3.05) is 32.1 Å². The summed E-state index contributed by atoms with van der Waals surface area (Å²) in [7, 11) is 1.39. The van der Waals surface area contributed by atoms with Crippen LogP contribution in [0, 0.1) is 5.92 Å². The van der Waals surface area contributed by atoms with E-state index in [1.54, 1.807) is 17.2 Å². The lowest BCUT2D eigenvalue weighted by Gasteiger charge is -2.31. The summed E-state index contributed by atoms with van der Waals surface area (Å²) in [5.41, 5.74) is 1.38.